The van der Waals surface area contributed by atoms with E-state index in [-0.39, 0.29) is 22.5 Å². The Hall–Kier alpha value is -3.85. The van der Waals surface area contributed by atoms with Crippen molar-refractivity contribution < 1.29 is 19.2 Å². The molecule has 9 heteroatoms. The minimum Gasteiger partial charge on any atom is -0.492 e. The monoisotopic (exact) mass is 477 g/mol. The number of anilines is 2. The van der Waals surface area contributed by atoms with Gasteiger partial charge in [-0.3, -0.25) is 24.6 Å². The summed E-state index contributed by atoms with van der Waals surface area (Å²) in [5.74, 6) is 0.575. The number of rotatable bonds is 7. The molecular formula is C25H23N3O5S. The fourth-order valence-corrected chi connectivity index (χ4v) is 4.92. The minimum atomic E-state index is -0.503. The number of carbonyl (C=O) groups excluding carboxylic acids is 2. The van der Waals surface area contributed by atoms with Crippen LogP contribution in [0.3, 0.4) is 0 Å². The van der Waals surface area contributed by atoms with Crippen LogP contribution in [0.2, 0.25) is 0 Å². The molecule has 1 aliphatic heterocycles. The molecule has 0 aromatic heterocycles. The molecule has 0 saturated carbocycles. The van der Waals surface area contributed by atoms with Gasteiger partial charge in [0.25, 0.3) is 11.6 Å². The molecule has 0 bridgehead atoms. The average Bonchev–Trinajstić information content (AvgIpc) is 3.21. The molecule has 0 aliphatic carbocycles. The number of carbonyl (C=O) groups is 2. The van der Waals surface area contributed by atoms with E-state index in [0.717, 1.165) is 11.3 Å². The highest BCUT2D eigenvalue weighted by Gasteiger charge is 2.35. The number of nitrogens with one attached hydrogen (secondary N) is 1. The first kappa shape index (κ1) is 23.3. The van der Waals surface area contributed by atoms with Crippen molar-refractivity contribution in [3.05, 3.63) is 93.5 Å². The Morgan fingerprint density at radius 2 is 1.91 bits per heavy atom. The number of ether oxygens (including phenoxy) is 1. The summed E-state index contributed by atoms with van der Waals surface area (Å²) in [6.45, 7) is 4.02. The number of para-hydroxylation sites is 2. The van der Waals surface area contributed by atoms with E-state index in [1.165, 1.54) is 17.8 Å². The van der Waals surface area contributed by atoms with Crippen LogP contribution >= 0.6 is 11.8 Å². The second-order valence-electron chi connectivity index (χ2n) is 7.66. The number of aryl methyl sites for hydroxylation is 1. The van der Waals surface area contributed by atoms with E-state index >= 15 is 0 Å². The molecule has 8 nitrogen and oxygen atoms in total. The average molecular weight is 478 g/mol. The zero-order chi connectivity index (χ0) is 24.2. The van der Waals surface area contributed by atoms with Crippen LogP contribution in [0.15, 0.2) is 66.7 Å². The molecule has 2 amide bonds. The van der Waals surface area contributed by atoms with Gasteiger partial charge in [-0.05, 0) is 49.7 Å². The third-order valence-electron chi connectivity index (χ3n) is 5.41. The van der Waals surface area contributed by atoms with E-state index < -0.39 is 10.8 Å². The van der Waals surface area contributed by atoms with Crippen LogP contribution in [0.25, 0.3) is 0 Å². The predicted octanol–water partition coefficient (Wildman–Crippen LogP) is 5.33. The maximum absolute atomic E-state index is 12.7. The third-order valence-corrected chi connectivity index (χ3v) is 6.63. The van der Waals surface area contributed by atoms with Gasteiger partial charge in [-0.25, -0.2) is 0 Å². The fraction of sp³-hybridized carbons (Fsp3) is 0.200. The molecule has 1 heterocycles. The van der Waals surface area contributed by atoms with Crippen molar-refractivity contribution in [1.82, 2.24) is 0 Å². The van der Waals surface area contributed by atoms with Gasteiger partial charge in [0.1, 0.15) is 11.1 Å². The van der Waals surface area contributed by atoms with Crippen LogP contribution in [0.1, 0.15) is 33.8 Å². The van der Waals surface area contributed by atoms with Crippen LogP contribution in [0, 0.1) is 17.0 Å². The summed E-state index contributed by atoms with van der Waals surface area (Å²) >= 11 is 1.53. The van der Waals surface area contributed by atoms with Gasteiger partial charge in [0.05, 0.1) is 23.0 Å². The van der Waals surface area contributed by atoms with Crippen molar-refractivity contribution in [1.29, 1.82) is 0 Å². The van der Waals surface area contributed by atoms with E-state index in [0.29, 0.717) is 29.4 Å². The number of nitro groups is 1. The number of hydrogen-bond donors (Lipinski definition) is 1. The first-order valence-electron chi connectivity index (χ1n) is 10.7. The predicted molar refractivity (Wildman–Crippen MR) is 133 cm³/mol. The smallest absolute Gasteiger partial charge is 0.273 e. The third kappa shape index (κ3) is 4.74. The summed E-state index contributed by atoms with van der Waals surface area (Å²) in [6, 6.07) is 19.1. The SMILES string of the molecule is CCOc1ccccc1N1C(=O)CSC1c1ccc(NC(=O)c2ccc(C)c([N+](=O)[O-])c2)cc1. The van der Waals surface area contributed by atoms with E-state index in [2.05, 4.69) is 5.32 Å². The maximum atomic E-state index is 12.7. The van der Waals surface area contributed by atoms with E-state index in [9.17, 15) is 19.7 Å². The first-order valence-corrected chi connectivity index (χ1v) is 11.8. The number of amides is 2. The normalized spacial score (nSPS) is 15.3. The molecule has 174 valence electrons. The molecule has 1 atom stereocenters. The van der Waals surface area contributed by atoms with Crippen LogP contribution in [0.5, 0.6) is 5.75 Å². The van der Waals surface area contributed by atoms with Crippen molar-refractivity contribution in [2.75, 3.05) is 22.6 Å². The second kappa shape index (κ2) is 9.96. The standard InChI is InChI=1S/C25H23N3O5S/c1-3-33-22-7-5-4-6-20(22)27-23(29)15-34-25(27)17-10-12-19(13-11-17)26-24(30)18-9-8-16(2)21(14-18)28(31)32/h4-14,25H,3,15H2,1-2H3,(H,26,30). The summed E-state index contributed by atoms with van der Waals surface area (Å²) < 4.78 is 5.72. The molecular weight excluding hydrogens is 454 g/mol. The van der Waals surface area contributed by atoms with Gasteiger partial charge in [-0.15, -0.1) is 11.8 Å². The van der Waals surface area contributed by atoms with Gasteiger partial charge in [0, 0.05) is 22.9 Å². The zero-order valence-corrected chi connectivity index (χ0v) is 19.5. The van der Waals surface area contributed by atoms with Crippen molar-refractivity contribution in [3.8, 4) is 5.75 Å². The molecule has 4 rings (SSSR count). The summed E-state index contributed by atoms with van der Waals surface area (Å²) in [4.78, 5) is 37.7. The van der Waals surface area contributed by atoms with E-state index in [1.807, 2.05) is 43.3 Å². The summed E-state index contributed by atoms with van der Waals surface area (Å²) in [5, 5.41) is 13.7. The molecule has 0 radical (unpaired) electrons. The Morgan fingerprint density at radius 1 is 1.18 bits per heavy atom. The van der Waals surface area contributed by atoms with Crippen LogP contribution in [-0.2, 0) is 4.79 Å². The van der Waals surface area contributed by atoms with Gasteiger partial charge in [-0.2, -0.15) is 0 Å². The Kier molecular flexibility index (Phi) is 6.83. The lowest BCUT2D eigenvalue weighted by molar-refractivity contribution is -0.385. The Bertz CT molecular complexity index is 1250. The zero-order valence-electron chi connectivity index (χ0n) is 18.7. The highest BCUT2D eigenvalue weighted by atomic mass is 32.2. The van der Waals surface area contributed by atoms with Gasteiger partial charge < -0.3 is 10.1 Å². The molecule has 1 saturated heterocycles. The molecule has 1 N–H and O–H groups in total. The Morgan fingerprint density at radius 3 is 2.62 bits per heavy atom. The van der Waals surface area contributed by atoms with Crippen LogP contribution in [-0.4, -0.2) is 29.1 Å². The van der Waals surface area contributed by atoms with E-state index in [1.54, 1.807) is 36.1 Å². The molecule has 1 unspecified atom stereocenters. The summed E-state index contributed by atoms with van der Waals surface area (Å²) in [5.41, 5.74) is 2.78. The molecule has 34 heavy (non-hydrogen) atoms. The Balaban J connectivity index is 1.53. The number of thioether (sulfide) groups is 1. The Labute approximate surface area is 201 Å². The lowest BCUT2D eigenvalue weighted by Crippen LogP contribution is -2.28. The fourth-order valence-electron chi connectivity index (χ4n) is 3.75. The van der Waals surface area contributed by atoms with Crippen molar-refractivity contribution >= 4 is 40.6 Å². The van der Waals surface area contributed by atoms with Crippen molar-refractivity contribution in [2.45, 2.75) is 19.2 Å². The number of nitrogens with zero attached hydrogens (tertiary/aromatic N) is 2. The van der Waals surface area contributed by atoms with Gasteiger partial charge in [0.15, 0.2) is 0 Å². The lowest BCUT2D eigenvalue weighted by atomic mass is 10.1. The first-order chi connectivity index (χ1) is 16.4. The molecule has 1 fully saturated rings. The minimum absolute atomic E-state index is 0.000461. The second-order valence-corrected chi connectivity index (χ2v) is 8.73. The molecule has 3 aromatic rings. The summed E-state index contributed by atoms with van der Waals surface area (Å²) in [6.07, 6.45) is 0. The largest absolute Gasteiger partial charge is 0.492 e. The maximum Gasteiger partial charge on any atom is 0.273 e. The van der Waals surface area contributed by atoms with Crippen molar-refractivity contribution in [3.63, 3.8) is 0 Å². The lowest BCUT2D eigenvalue weighted by Gasteiger charge is -2.26. The molecule has 3 aromatic carbocycles. The van der Waals surface area contributed by atoms with E-state index in [4.69, 9.17) is 4.74 Å². The highest BCUT2D eigenvalue weighted by Crippen LogP contribution is 2.44. The van der Waals surface area contributed by atoms with Crippen molar-refractivity contribution in [2.24, 2.45) is 0 Å². The van der Waals surface area contributed by atoms with Crippen LogP contribution < -0.4 is 15.0 Å². The number of hydrogen-bond acceptors (Lipinski definition) is 6. The van der Waals surface area contributed by atoms with Crippen LogP contribution in [0.4, 0.5) is 17.1 Å². The molecule has 0 spiro atoms. The summed E-state index contributed by atoms with van der Waals surface area (Å²) in [7, 11) is 0. The molecule has 1 aliphatic rings. The number of nitro benzene ring substituents is 1. The topological polar surface area (TPSA) is 102 Å². The van der Waals surface area contributed by atoms with Gasteiger partial charge >= 0.3 is 0 Å². The quantitative estimate of drug-likeness (QED) is 0.364. The highest BCUT2D eigenvalue weighted by molar-refractivity contribution is 8.00. The number of benzene rings is 3. The van der Waals surface area contributed by atoms with Gasteiger partial charge in [-0.1, -0.05) is 30.3 Å². The van der Waals surface area contributed by atoms with Gasteiger partial charge in [0.2, 0.25) is 5.91 Å².